The van der Waals surface area contributed by atoms with Gasteiger partial charge in [-0.25, -0.2) is 9.78 Å². The molecule has 23 heavy (non-hydrogen) atoms. The Morgan fingerprint density at radius 2 is 1.91 bits per heavy atom. The van der Waals surface area contributed by atoms with Gasteiger partial charge in [-0.2, -0.15) is 0 Å². The van der Waals surface area contributed by atoms with Crippen LogP contribution in [0.25, 0.3) is 0 Å². The summed E-state index contributed by atoms with van der Waals surface area (Å²) in [4.78, 5) is 30.6. The van der Waals surface area contributed by atoms with Crippen LogP contribution in [0, 0.1) is 6.92 Å². The second kappa shape index (κ2) is 7.23. The summed E-state index contributed by atoms with van der Waals surface area (Å²) in [5.41, 5.74) is 2.09. The average Bonchev–Trinajstić information content (AvgIpc) is 2.88. The average molecular weight is 333 g/mol. The molecule has 2 aromatic rings. The molecule has 0 saturated heterocycles. The van der Waals surface area contributed by atoms with Crippen LogP contribution < -0.4 is 10.2 Å². The number of nitrogens with zero attached hydrogens (tertiary/aromatic N) is 2. The maximum Gasteiger partial charge on any atom is 0.350 e. The molecule has 0 bridgehead atoms. The van der Waals surface area contributed by atoms with Crippen molar-refractivity contribution >= 4 is 34.0 Å². The first kappa shape index (κ1) is 17.0. The van der Waals surface area contributed by atoms with Crippen molar-refractivity contribution in [2.24, 2.45) is 0 Å². The van der Waals surface area contributed by atoms with E-state index in [2.05, 4.69) is 10.3 Å². The predicted molar refractivity (Wildman–Crippen MR) is 91.5 cm³/mol. The number of ether oxygens (including phenoxy) is 1. The topological polar surface area (TPSA) is 71.5 Å². The van der Waals surface area contributed by atoms with Gasteiger partial charge < -0.3 is 9.64 Å². The van der Waals surface area contributed by atoms with Gasteiger partial charge in [0.05, 0.1) is 12.3 Å². The fraction of sp³-hybridized carbons (Fsp3) is 0.312. The minimum absolute atomic E-state index is 0.264. The number of carbonyl (C=O) groups is 2. The van der Waals surface area contributed by atoms with Gasteiger partial charge in [-0.15, -0.1) is 0 Å². The molecule has 1 aromatic heterocycles. The quantitative estimate of drug-likeness (QED) is 0.852. The molecular weight excluding hydrogens is 314 g/mol. The van der Waals surface area contributed by atoms with Crippen LogP contribution in [0.3, 0.4) is 0 Å². The lowest BCUT2D eigenvalue weighted by atomic mass is 10.2. The van der Waals surface area contributed by atoms with Gasteiger partial charge in [-0.1, -0.05) is 11.3 Å². The SMILES string of the molecule is CCOC(=O)c1sc(NC(=O)c2ccc(N(C)C)cc2)nc1C. The molecule has 1 N–H and O–H groups in total. The standard InChI is InChI=1S/C16H19N3O3S/c1-5-22-15(21)13-10(2)17-16(23-13)18-14(20)11-6-8-12(9-7-11)19(3)4/h6-9H,5H2,1-4H3,(H,17,18,20). The third-order valence-electron chi connectivity index (χ3n) is 3.12. The molecule has 0 spiro atoms. The van der Waals surface area contributed by atoms with Gasteiger partial charge in [0.1, 0.15) is 4.88 Å². The number of benzene rings is 1. The summed E-state index contributed by atoms with van der Waals surface area (Å²) in [6.07, 6.45) is 0. The summed E-state index contributed by atoms with van der Waals surface area (Å²) in [6.45, 7) is 3.76. The molecule has 122 valence electrons. The van der Waals surface area contributed by atoms with Crippen LogP contribution >= 0.6 is 11.3 Å². The van der Waals surface area contributed by atoms with Gasteiger partial charge in [0, 0.05) is 25.3 Å². The minimum atomic E-state index is -0.418. The first-order valence-electron chi connectivity index (χ1n) is 7.15. The molecule has 1 amide bonds. The van der Waals surface area contributed by atoms with E-state index in [0.29, 0.717) is 27.9 Å². The van der Waals surface area contributed by atoms with Crippen LogP contribution in [0.5, 0.6) is 0 Å². The number of aryl methyl sites for hydroxylation is 1. The fourth-order valence-electron chi connectivity index (χ4n) is 1.92. The molecule has 1 aromatic carbocycles. The Labute approximate surface area is 139 Å². The van der Waals surface area contributed by atoms with E-state index in [0.717, 1.165) is 17.0 Å². The van der Waals surface area contributed by atoms with Gasteiger partial charge >= 0.3 is 5.97 Å². The number of esters is 1. The molecule has 0 radical (unpaired) electrons. The zero-order chi connectivity index (χ0) is 17.0. The van der Waals surface area contributed by atoms with E-state index in [1.807, 2.05) is 31.1 Å². The first-order valence-corrected chi connectivity index (χ1v) is 7.97. The molecule has 0 aliphatic rings. The third-order valence-corrected chi connectivity index (χ3v) is 4.18. The summed E-state index contributed by atoms with van der Waals surface area (Å²) in [7, 11) is 3.87. The highest BCUT2D eigenvalue weighted by Crippen LogP contribution is 2.24. The van der Waals surface area contributed by atoms with Crippen molar-refractivity contribution in [3.05, 3.63) is 40.4 Å². The van der Waals surface area contributed by atoms with Crippen molar-refractivity contribution in [3.8, 4) is 0 Å². The molecule has 0 atom stereocenters. The number of nitrogens with one attached hydrogen (secondary N) is 1. The van der Waals surface area contributed by atoms with E-state index in [1.165, 1.54) is 0 Å². The van der Waals surface area contributed by atoms with Gasteiger partial charge in [-0.05, 0) is 38.1 Å². The van der Waals surface area contributed by atoms with E-state index in [1.54, 1.807) is 26.0 Å². The Kier molecular flexibility index (Phi) is 5.33. The number of thiazole rings is 1. The number of hydrogen-bond donors (Lipinski definition) is 1. The van der Waals surface area contributed by atoms with E-state index in [4.69, 9.17) is 4.74 Å². The summed E-state index contributed by atoms with van der Waals surface area (Å²) < 4.78 is 4.96. The maximum absolute atomic E-state index is 12.2. The number of aromatic nitrogens is 1. The van der Waals surface area contributed by atoms with Crippen molar-refractivity contribution in [1.82, 2.24) is 4.98 Å². The third kappa shape index (κ3) is 4.07. The monoisotopic (exact) mass is 333 g/mol. The van der Waals surface area contributed by atoms with Crippen molar-refractivity contribution in [2.75, 3.05) is 30.9 Å². The largest absolute Gasteiger partial charge is 0.462 e. The van der Waals surface area contributed by atoms with Crippen LogP contribution in [0.15, 0.2) is 24.3 Å². The number of carbonyl (C=O) groups excluding carboxylic acids is 2. The first-order chi connectivity index (χ1) is 10.9. The van der Waals surface area contributed by atoms with E-state index >= 15 is 0 Å². The van der Waals surface area contributed by atoms with E-state index in [-0.39, 0.29) is 5.91 Å². The number of anilines is 2. The molecule has 0 aliphatic heterocycles. The van der Waals surface area contributed by atoms with Crippen LogP contribution in [-0.4, -0.2) is 37.6 Å². The summed E-state index contributed by atoms with van der Waals surface area (Å²) in [5.74, 6) is -0.683. The van der Waals surface area contributed by atoms with Crippen LogP contribution in [0.1, 0.15) is 32.6 Å². The summed E-state index contributed by atoms with van der Waals surface area (Å²) in [6, 6.07) is 7.23. The van der Waals surface area contributed by atoms with Crippen molar-refractivity contribution in [1.29, 1.82) is 0 Å². The summed E-state index contributed by atoms with van der Waals surface area (Å²) >= 11 is 1.11. The molecule has 0 unspecified atom stereocenters. The molecule has 0 saturated carbocycles. The Bertz CT molecular complexity index is 708. The molecular formula is C16H19N3O3S. The van der Waals surface area contributed by atoms with Crippen molar-refractivity contribution in [2.45, 2.75) is 13.8 Å². The Balaban J connectivity index is 2.11. The summed E-state index contributed by atoms with van der Waals surface area (Å²) in [5, 5.41) is 3.09. The molecule has 0 fully saturated rings. The molecule has 7 heteroatoms. The van der Waals surface area contributed by atoms with Crippen molar-refractivity contribution < 1.29 is 14.3 Å². The van der Waals surface area contributed by atoms with E-state index in [9.17, 15) is 9.59 Å². The van der Waals surface area contributed by atoms with E-state index < -0.39 is 5.97 Å². The van der Waals surface area contributed by atoms with Crippen LogP contribution in [-0.2, 0) is 4.74 Å². The van der Waals surface area contributed by atoms with Gasteiger partial charge in [0.25, 0.3) is 5.91 Å². The zero-order valence-electron chi connectivity index (χ0n) is 13.5. The zero-order valence-corrected chi connectivity index (χ0v) is 14.4. The second-order valence-electron chi connectivity index (χ2n) is 5.05. The van der Waals surface area contributed by atoms with Crippen LogP contribution in [0.2, 0.25) is 0 Å². The second-order valence-corrected chi connectivity index (χ2v) is 6.05. The maximum atomic E-state index is 12.2. The Morgan fingerprint density at radius 3 is 2.48 bits per heavy atom. The lowest BCUT2D eigenvalue weighted by Gasteiger charge is -2.12. The smallest absolute Gasteiger partial charge is 0.350 e. The highest BCUT2D eigenvalue weighted by atomic mass is 32.1. The van der Waals surface area contributed by atoms with Gasteiger partial charge in [0.15, 0.2) is 5.13 Å². The molecule has 1 heterocycles. The Hall–Kier alpha value is -2.41. The van der Waals surface area contributed by atoms with Gasteiger partial charge in [0.2, 0.25) is 0 Å². The molecule has 6 nitrogen and oxygen atoms in total. The highest BCUT2D eigenvalue weighted by Gasteiger charge is 2.18. The lowest BCUT2D eigenvalue weighted by Crippen LogP contribution is -2.13. The predicted octanol–water partition coefficient (Wildman–Crippen LogP) is 2.95. The molecule has 2 rings (SSSR count). The number of rotatable bonds is 5. The number of hydrogen-bond acceptors (Lipinski definition) is 6. The minimum Gasteiger partial charge on any atom is -0.462 e. The van der Waals surface area contributed by atoms with Gasteiger partial charge in [-0.3, -0.25) is 10.1 Å². The van der Waals surface area contributed by atoms with Crippen molar-refractivity contribution in [3.63, 3.8) is 0 Å². The fourth-order valence-corrected chi connectivity index (χ4v) is 2.77. The Morgan fingerprint density at radius 1 is 1.26 bits per heavy atom. The number of amides is 1. The highest BCUT2D eigenvalue weighted by molar-refractivity contribution is 7.17. The van der Waals surface area contributed by atoms with Crippen LogP contribution in [0.4, 0.5) is 10.8 Å². The lowest BCUT2D eigenvalue weighted by molar-refractivity contribution is 0.0531. The normalized spacial score (nSPS) is 10.3. The molecule has 0 aliphatic carbocycles.